The van der Waals surface area contributed by atoms with Crippen molar-refractivity contribution in [1.29, 1.82) is 0 Å². The van der Waals surface area contributed by atoms with E-state index in [-0.39, 0.29) is 17.5 Å². The monoisotopic (exact) mass is 388 g/mol. The van der Waals surface area contributed by atoms with Crippen LogP contribution in [0.2, 0.25) is 10.0 Å². The van der Waals surface area contributed by atoms with E-state index in [0.29, 0.717) is 15.6 Å². The highest BCUT2D eigenvalue weighted by molar-refractivity contribution is 6.43. The summed E-state index contributed by atoms with van der Waals surface area (Å²) in [5, 5.41) is 7.69. The number of halogens is 2. The maximum absolute atomic E-state index is 13.0. The molecule has 0 radical (unpaired) electrons. The molecule has 2 aliphatic heterocycles. The second-order valence-electron chi connectivity index (χ2n) is 7.40. The number of amides is 1. The zero-order valence-electron chi connectivity index (χ0n) is 14.5. The van der Waals surface area contributed by atoms with Crippen LogP contribution in [0.15, 0.2) is 48.5 Å². The van der Waals surface area contributed by atoms with E-state index in [1.807, 2.05) is 18.2 Å². The molecule has 1 aliphatic carbocycles. The zero-order chi connectivity index (χ0) is 18.1. The molecule has 3 aliphatic rings. The Morgan fingerprint density at radius 2 is 1.81 bits per heavy atom. The number of carbonyl (C=O) groups excluding carboxylic acids is 1. The summed E-state index contributed by atoms with van der Waals surface area (Å²) in [4.78, 5) is 13.0. The van der Waals surface area contributed by atoms with Gasteiger partial charge in [0.1, 0.15) is 0 Å². The molecule has 2 saturated heterocycles. The molecule has 1 atom stereocenters. The van der Waals surface area contributed by atoms with Gasteiger partial charge in [0.15, 0.2) is 0 Å². The second-order valence-corrected chi connectivity index (χ2v) is 8.18. The van der Waals surface area contributed by atoms with Crippen molar-refractivity contribution in [1.82, 2.24) is 10.6 Å². The van der Waals surface area contributed by atoms with Gasteiger partial charge in [-0.15, -0.1) is 0 Å². The number of hydrogen-bond acceptors (Lipinski definition) is 2. The summed E-state index contributed by atoms with van der Waals surface area (Å²) < 4.78 is 0. The number of hydrogen-bond donors (Lipinski definition) is 2. The van der Waals surface area contributed by atoms with Gasteiger partial charge in [-0.2, -0.15) is 0 Å². The number of fused-ring (bicyclic) bond motifs is 3. The maximum atomic E-state index is 13.0. The van der Waals surface area contributed by atoms with Gasteiger partial charge in [0.05, 0.1) is 21.7 Å². The number of nitrogens with one attached hydrogen (secondary N) is 2. The summed E-state index contributed by atoms with van der Waals surface area (Å²) in [6.45, 7) is 1.02. The lowest BCUT2D eigenvalue weighted by molar-refractivity contribution is 0.0676. The van der Waals surface area contributed by atoms with Crippen molar-refractivity contribution >= 4 is 29.1 Å². The van der Waals surface area contributed by atoms with Crippen LogP contribution in [-0.2, 0) is 0 Å². The molecule has 2 aromatic rings. The van der Waals surface area contributed by atoms with Crippen LogP contribution in [0.5, 0.6) is 0 Å². The van der Waals surface area contributed by atoms with E-state index in [4.69, 9.17) is 23.2 Å². The molecule has 5 rings (SSSR count). The van der Waals surface area contributed by atoms with E-state index in [2.05, 4.69) is 22.8 Å². The van der Waals surface area contributed by atoms with E-state index in [1.54, 1.807) is 18.2 Å². The number of rotatable bonds is 4. The van der Waals surface area contributed by atoms with Crippen LogP contribution in [-0.4, -0.2) is 18.0 Å². The molecule has 0 unspecified atom stereocenters. The Bertz CT molecular complexity index is 787. The van der Waals surface area contributed by atoms with Gasteiger partial charge in [0.25, 0.3) is 5.91 Å². The van der Waals surface area contributed by atoms with Crippen molar-refractivity contribution in [2.24, 2.45) is 5.92 Å². The van der Waals surface area contributed by atoms with E-state index in [9.17, 15) is 4.79 Å². The van der Waals surface area contributed by atoms with E-state index in [1.165, 1.54) is 12.8 Å². The first-order chi connectivity index (χ1) is 12.6. The van der Waals surface area contributed by atoms with Crippen LogP contribution >= 0.6 is 23.2 Å². The lowest BCUT2D eigenvalue weighted by Crippen LogP contribution is -2.62. The van der Waals surface area contributed by atoms with E-state index >= 15 is 0 Å². The molecule has 3 nitrogen and oxygen atoms in total. The average molecular weight is 389 g/mol. The van der Waals surface area contributed by atoms with Crippen LogP contribution in [0, 0.1) is 5.92 Å². The summed E-state index contributed by atoms with van der Waals surface area (Å²) in [5.74, 6) is 0.585. The highest BCUT2D eigenvalue weighted by atomic mass is 35.5. The standard InChI is InChI=1S/C21H22Cl2N2O/c22-17-8-4-7-16(18(17)23)20(26)25-19(15-5-2-1-3-6-15)21-11-9-14(10-12-21)13-24-21/h1-8,14,19,24H,9-13H2,(H,25,26)/t14?,19-,21?/m1/s1. The summed E-state index contributed by atoms with van der Waals surface area (Å²) in [5.41, 5.74) is 1.43. The summed E-state index contributed by atoms with van der Waals surface area (Å²) >= 11 is 12.4. The van der Waals surface area contributed by atoms with Crippen molar-refractivity contribution in [3.05, 3.63) is 69.7 Å². The average Bonchev–Trinajstić information content (AvgIpc) is 2.70. The minimum absolute atomic E-state index is 0.100. The molecule has 2 bridgehead atoms. The molecule has 2 heterocycles. The van der Waals surface area contributed by atoms with E-state index < -0.39 is 0 Å². The predicted octanol–water partition coefficient (Wildman–Crippen LogP) is 5.00. The first-order valence-electron chi connectivity index (χ1n) is 9.14. The Kier molecular flexibility index (Phi) is 4.96. The maximum Gasteiger partial charge on any atom is 0.253 e. The topological polar surface area (TPSA) is 41.1 Å². The third-order valence-corrected chi connectivity index (χ3v) is 6.72. The van der Waals surface area contributed by atoms with Gasteiger partial charge >= 0.3 is 0 Å². The van der Waals surface area contributed by atoms with Gasteiger partial charge in [-0.3, -0.25) is 4.79 Å². The quantitative estimate of drug-likeness (QED) is 0.773. The molecule has 2 N–H and O–H groups in total. The molecular formula is C21H22Cl2N2O. The van der Waals surface area contributed by atoms with E-state index in [0.717, 1.165) is 30.9 Å². The third-order valence-electron chi connectivity index (χ3n) is 5.90. The van der Waals surface area contributed by atoms with Gasteiger partial charge in [0.2, 0.25) is 0 Å². The van der Waals surface area contributed by atoms with Crippen molar-refractivity contribution < 1.29 is 4.79 Å². The van der Waals surface area contributed by atoms with Crippen LogP contribution in [0.25, 0.3) is 0 Å². The largest absolute Gasteiger partial charge is 0.343 e. The molecule has 26 heavy (non-hydrogen) atoms. The van der Waals surface area contributed by atoms with Crippen LogP contribution in [0.1, 0.15) is 47.6 Å². The third kappa shape index (κ3) is 3.24. The van der Waals surface area contributed by atoms with Gasteiger partial charge in [0, 0.05) is 5.54 Å². The molecule has 1 amide bonds. The minimum atomic E-state index is -0.185. The minimum Gasteiger partial charge on any atom is -0.343 e. The lowest BCUT2D eigenvalue weighted by Gasteiger charge is -2.52. The number of carbonyl (C=O) groups is 1. The highest BCUT2D eigenvalue weighted by Crippen LogP contribution is 2.44. The van der Waals surface area contributed by atoms with Crippen molar-refractivity contribution in [3.8, 4) is 0 Å². The summed E-state index contributed by atoms with van der Waals surface area (Å²) in [7, 11) is 0. The first kappa shape index (κ1) is 17.8. The molecule has 136 valence electrons. The van der Waals surface area contributed by atoms with Gasteiger partial charge in [-0.05, 0) is 55.8 Å². The fourth-order valence-electron chi connectivity index (χ4n) is 4.39. The number of piperidine rings is 2. The van der Waals surface area contributed by atoms with Crippen molar-refractivity contribution in [2.45, 2.75) is 37.3 Å². The molecule has 0 aromatic heterocycles. The molecule has 1 saturated carbocycles. The molecule has 0 spiro atoms. The summed E-state index contributed by atoms with van der Waals surface area (Å²) in [6.07, 6.45) is 4.57. The Balaban J connectivity index is 1.67. The Hall–Kier alpha value is -1.55. The first-order valence-corrected chi connectivity index (χ1v) is 9.89. The van der Waals surface area contributed by atoms with Crippen LogP contribution in [0.3, 0.4) is 0 Å². The van der Waals surface area contributed by atoms with Gasteiger partial charge in [-0.25, -0.2) is 0 Å². The molecule has 3 fully saturated rings. The Morgan fingerprint density at radius 3 is 2.46 bits per heavy atom. The van der Waals surface area contributed by atoms with Crippen molar-refractivity contribution in [3.63, 3.8) is 0 Å². The second kappa shape index (κ2) is 7.22. The summed E-state index contributed by atoms with van der Waals surface area (Å²) in [6, 6.07) is 15.3. The zero-order valence-corrected chi connectivity index (χ0v) is 16.0. The predicted molar refractivity (Wildman–Crippen MR) is 106 cm³/mol. The molecule has 2 aromatic carbocycles. The normalized spacial score (nSPS) is 25.7. The molecular weight excluding hydrogens is 367 g/mol. The Labute approximate surface area is 164 Å². The SMILES string of the molecule is O=C(N[C@H](c1ccccc1)C12CCC(CC1)CN2)c1cccc(Cl)c1Cl. The van der Waals surface area contributed by atoms with Gasteiger partial charge in [-0.1, -0.05) is 59.6 Å². The lowest BCUT2D eigenvalue weighted by atomic mass is 9.67. The fraction of sp³-hybridized carbons (Fsp3) is 0.381. The molecule has 5 heteroatoms. The van der Waals surface area contributed by atoms with Crippen LogP contribution < -0.4 is 10.6 Å². The Morgan fingerprint density at radius 1 is 1.08 bits per heavy atom. The smallest absolute Gasteiger partial charge is 0.253 e. The van der Waals surface area contributed by atoms with Crippen LogP contribution in [0.4, 0.5) is 0 Å². The van der Waals surface area contributed by atoms with Gasteiger partial charge < -0.3 is 10.6 Å². The highest BCUT2D eigenvalue weighted by Gasteiger charge is 2.46. The fourth-order valence-corrected chi connectivity index (χ4v) is 4.77. The van der Waals surface area contributed by atoms with Crippen molar-refractivity contribution in [2.75, 3.05) is 6.54 Å². The number of benzene rings is 2.